The molecule has 2 aliphatic rings. The van der Waals surface area contributed by atoms with Gasteiger partial charge in [0.15, 0.2) is 0 Å². The lowest BCUT2D eigenvalue weighted by molar-refractivity contribution is -0.0744. The van der Waals surface area contributed by atoms with Crippen molar-refractivity contribution in [2.24, 2.45) is 0 Å². The fraction of sp³-hybridized carbons (Fsp3) is 1.00. The van der Waals surface area contributed by atoms with Gasteiger partial charge in [0.25, 0.3) is 0 Å². The molecule has 1 N–H and O–H groups in total. The van der Waals surface area contributed by atoms with Crippen LogP contribution in [0.4, 0.5) is 0 Å². The van der Waals surface area contributed by atoms with Crippen LogP contribution in [0, 0.1) is 0 Å². The SMILES string of the molecule is CN1CCC2(CCNCCO2)CC1. The van der Waals surface area contributed by atoms with Crippen molar-refractivity contribution in [3.8, 4) is 0 Å². The molecule has 2 fully saturated rings. The molecule has 0 atom stereocenters. The molecule has 0 bridgehead atoms. The van der Waals surface area contributed by atoms with Crippen LogP contribution in [0.5, 0.6) is 0 Å². The molecular formula is C10H20N2O. The molecule has 0 saturated carbocycles. The molecule has 3 heteroatoms. The Hall–Kier alpha value is -0.120. The van der Waals surface area contributed by atoms with Crippen molar-refractivity contribution in [3.63, 3.8) is 0 Å². The summed E-state index contributed by atoms with van der Waals surface area (Å²) in [5, 5.41) is 3.39. The Balaban J connectivity index is 1.93. The van der Waals surface area contributed by atoms with Gasteiger partial charge in [0.2, 0.25) is 0 Å². The van der Waals surface area contributed by atoms with E-state index in [0.29, 0.717) is 0 Å². The average Bonchev–Trinajstić information content (AvgIpc) is 2.37. The number of hydrogen-bond acceptors (Lipinski definition) is 3. The van der Waals surface area contributed by atoms with E-state index in [4.69, 9.17) is 4.74 Å². The normalized spacial score (nSPS) is 30.2. The van der Waals surface area contributed by atoms with Crippen LogP contribution in [-0.2, 0) is 4.74 Å². The van der Waals surface area contributed by atoms with Gasteiger partial charge in [-0.3, -0.25) is 0 Å². The van der Waals surface area contributed by atoms with Crippen LogP contribution in [-0.4, -0.2) is 50.3 Å². The fourth-order valence-corrected chi connectivity index (χ4v) is 2.27. The smallest absolute Gasteiger partial charge is 0.0719 e. The van der Waals surface area contributed by atoms with Crippen LogP contribution in [0.3, 0.4) is 0 Å². The summed E-state index contributed by atoms with van der Waals surface area (Å²) < 4.78 is 5.99. The van der Waals surface area contributed by atoms with Crippen LogP contribution in [0.1, 0.15) is 19.3 Å². The lowest BCUT2D eigenvalue weighted by Gasteiger charge is -2.39. The molecule has 0 aromatic carbocycles. The van der Waals surface area contributed by atoms with Crippen LogP contribution in [0.25, 0.3) is 0 Å². The van der Waals surface area contributed by atoms with E-state index in [2.05, 4.69) is 17.3 Å². The van der Waals surface area contributed by atoms with Gasteiger partial charge in [0, 0.05) is 19.6 Å². The Bertz CT molecular complexity index is 154. The first kappa shape index (κ1) is 9.44. The molecule has 2 aliphatic heterocycles. The monoisotopic (exact) mass is 184 g/mol. The maximum atomic E-state index is 5.99. The predicted octanol–water partition coefficient (Wildman–Crippen LogP) is 0.461. The second-order valence-corrected chi connectivity index (χ2v) is 4.33. The largest absolute Gasteiger partial charge is 0.374 e. The Morgan fingerprint density at radius 3 is 2.69 bits per heavy atom. The van der Waals surface area contributed by atoms with Gasteiger partial charge in [-0.2, -0.15) is 0 Å². The van der Waals surface area contributed by atoms with Crippen molar-refractivity contribution in [3.05, 3.63) is 0 Å². The van der Waals surface area contributed by atoms with E-state index in [1.54, 1.807) is 0 Å². The quantitative estimate of drug-likeness (QED) is 0.592. The van der Waals surface area contributed by atoms with Crippen molar-refractivity contribution in [1.29, 1.82) is 0 Å². The summed E-state index contributed by atoms with van der Waals surface area (Å²) in [7, 11) is 2.20. The van der Waals surface area contributed by atoms with Gasteiger partial charge in [-0.1, -0.05) is 0 Å². The van der Waals surface area contributed by atoms with Crippen LogP contribution in [0.15, 0.2) is 0 Å². The number of ether oxygens (including phenoxy) is 1. The van der Waals surface area contributed by atoms with Gasteiger partial charge in [-0.05, 0) is 32.9 Å². The third-order valence-electron chi connectivity index (χ3n) is 3.34. The van der Waals surface area contributed by atoms with E-state index in [1.807, 2.05) is 0 Å². The average molecular weight is 184 g/mol. The van der Waals surface area contributed by atoms with E-state index < -0.39 is 0 Å². The fourth-order valence-electron chi connectivity index (χ4n) is 2.27. The summed E-state index contributed by atoms with van der Waals surface area (Å²) >= 11 is 0. The Labute approximate surface area is 80.4 Å². The third-order valence-corrected chi connectivity index (χ3v) is 3.34. The standard InChI is InChI=1S/C10H20N2O/c1-12-7-3-10(4-8-12)2-5-11-6-9-13-10/h11H,2-9H2,1H3. The van der Waals surface area contributed by atoms with Crippen molar-refractivity contribution >= 4 is 0 Å². The van der Waals surface area contributed by atoms with E-state index in [1.165, 1.54) is 32.4 Å². The molecule has 3 nitrogen and oxygen atoms in total. The van der Waals surface area contributed by atoms with Crippen molar-refractivity contribution in [2.75, 3.05) is 39.8 Å². The minimum atomic E-state index is 0.218. The van der Waals surface area contributed by atoms with Gasteiger partial charge in [-0.25, -0.2) is 0 Å². The molecule has 0 unspecified atom stereocenters. The van der Waals surface area contributed by atoms with Gasteiger partial charge in [0.1, 0.15) is 0 Å². The van der Waals surface area contributed by atoms with E-state index in [9.17, 15) is 0 Å². The van der Waals surface area contributed by atoms with Gasteiger partial charge in [0.05, 0.1) is 12.2 Å². The van der Waals surface area contributed by atoms with Gasteiger partial charge >= 0.3 is 0 Å². The molecule has 2 rings (SSSR count). The number of nitrogens with zero attached hydrogens (tertiary/aromatic N) is 1. The van der Waals surface area contributed by atoms with Crippen LogP contribution >= 0.6 is 0 Å². The zero-order chi connectivity index (χ0) is 9.15. The van der Waals surface area contributed by atoms with Crippen LogP contribution in [0.2, 0.25) is 0 Å². The molecule has 1 spiro atoms. The summed E-state index contributed by atoms with van der Waals surface area (Å²) in [4.78, 5) is 2.40. The molecule has 76 valence electrons. The van der Waals surface area contributed by atoms with E-state index in [0.717, 1.165) is 19.7 Å². The highest BCUT2D eigenvalue weighted by molar-refractivity contribution is 4.88. The lowest BCUT2D eigenvalue weighted by Crippen LogP contribution is -2.45. The Morgan fingerprint density at radius 2 is 1.92 bits per heavy atom. The van der Waals surface area contributed by atoms with E-state index >= 15 is 0 Å². The van der Waals surface area contributed by atoms with Crippen LogP contribution < -0.4 is 5.32 Å². The van der Waals surface area contributed by atoms with Crippen molar-refractivity contribution in [2.45, 2.75) is 24.9 Å². The Morgan fingerprint density at radius 1 is 1.15 bits per heavy atom. The highest BCUT2D eigenvalue weighted by atomic mass is 16.5. The maximum absolute atomic E-state index is 5.99. The van der Waals surface area contributed by atoms with E-state index in [-0.39, 0.29) is 5.60 Å². The number of rotatable bonds is 0. The second kappa shape index (κ2) is 3.95. The first-order valence-electron chi connectivity index (χ1n) is 5.34. The molecule has 0 radical (unpaired) electrons. The third kappa shape index (κ3) is 2.22. The number of likely N-dealkylation sites (tertiary alicyclic amines) is 1. The summed E-state index contributed by atoms with van der Waals surface area (Å²) in [6, 6.07) is 0. The van der Waals surface area contributed by atoms with Crippen molar-refractivity contribution in [1.82, 2.24) is 10.2 Å². The molecule has 0 aliphatic carbocycles. The van der Waals surface area contributed by atoms with Gasteiger partial charge < -0.3 is 15.0 Å². The molecular weight excluding hydrogens is 164 g/mol. The van der Waals surface area contributed by atoms with Gasteiger partial charge in [-0.15, -0.1) is 0 Å². The minimum Gasteiger partial charge on any atom is -0.374 e. The second-order valence-electron chi connectivity index (χ2n) is 4.33. The summed E-state index contributed by atoms with van der Waals surface area (Å²) in [5.41, 5.74) is 0.218. The molecule has 13 heavy (non-hydrogen) atoms. The highest BCUT2D eigenvalue weighted by Gasteiger charge is 2.34. The molecule has 2 saturated heterocycles. The Kier molecular flexibility index (Phi) is 2.86. The zero-order valence-electron chi connectivity index (χ0n) is 8.51. The molecule has 0 aromatic heterocycles. The summed E-state index contributed by atoms with van der Waals surface area (Å²) in [5.74, 6) is 0. The molecule has 2 heterocycles. The maximum Gasteiger partial charge on any atom is 0.0719 e. The lowest BCUT2D eigenvalue weighted by atomic mass is 9.88. The first-order chi connectivity index (χ1) is 6.31. The molecule has 0 amide bonds. The zero-order valence-corrected chi connectivity index (χ0v) is 8.51. The first-order valence-corrected chi connectivity index (χ1v) is 5.34. The minimum absolute atomic E-state index is 0.218. The summed E-state index contributed by atoms with van der Waals surface area (Å²) in [6.07, 6.45) is 3.62. The molecule has 0 aromatic rings. The van der Waals surface area contributed by atoms with Crippen molar-refractivity contribution < 1.29 is 4.74 Å². The number of piperidine rings is 1. The topological polar surface area (TPSA) is 24.5 Å². The highest BCUT2D eigenvalue weighted by Crippen LogP contribution is 2.29. The number of nitrogens with one attached hydrogen (secondary N) is 1. The number of hydrogen-bond donors (Lipinski definition) is 1. The summed E-state index contributed by atoms with van der Waals surface area (Å²) in [6.45, 7) is 5.44. The predicted molar refractivity (Wildman–Crippen MR) is 52.9 cm³/mol.